The summed E-state index contributed by atoms with van der Waals surface area (Å²) in [5.74, 6) is 0.176. The number of benzene rings is 1. The lowest BCUT2D eigenvalue weighted by atomic mass is 10.2. The second-order valence-corrected chi connectivity index (χ2v) is 5.67. The molecule has 122 valence electrons. The normalized spacial score (nSPS) is 24.0. The van der Waals surface area contributed by atoms with Crippen molar-refractivity contribution in [2.75, 3.05) is 26.2 Å². The molecule has 0 radical (unpaired) electrons. The number of hydrogen-bond donors (Lipinski definition) is 1. The summed E-state index contributed by atoms with van der Waals surface area (Å²) in [6.07, 6.45) is -0.448. The van der Waals surface area contributed by atoms with E-state index in [1.165, 1.54) is 12.1 Å². The molecule has 0 amide bonds. The summed E-state index contributed by atoms with van der Waals surface area (Å²) in [5.41, 5.74) is -0.0942. The highest BCUT2D eigenvalue weighted by Gasteiger charge is 2.24. The van der Waals surface area contributed by atoms with Gasteiger partial charge in [0.25, 0.3) is 0 Å². The Morgan fingerprint density at radius 1 is 1.41 bits per heavy atom. The van der Waals surface area contributed by atoms with Gasteiger partial charge in [0.05, 0.1) is 17.1 Å². The lowest BCUT2D eigenvalue weighted by molar-refractivity contribution is -0.385. The Hall–Kier alpha value is -1.70. The van der Waals surface area contributed by atoms with Crippen LogP contribution >= 0.6 is 0 Å². The first kappa shape index (κ1) is 16.7. The highest BCUT2D eigenvalue weighted by molar-refractivity contribution is 5.45. The van der Waals surface area contributed by atoms with Gasteiger partial charge in [0.1, 0.15) is 12.7 Å². The van der Waals surface area contributed by atoms with Crippen LogP contribution in [0, 0.1) is 10.1 Å². The maximum Gasteiger partial charge on any atom is 0.310 e. The number of nitro groups is 1. The third-order valence-corrected chi connectivity index (χ3v) is 3.46. The zero-order chi connectivity index (χ0) is 16.1. The van der Waals surface area contributed by atoms with Crippen LogP contribution in [0.3, 0.4) is 0 Å². The predicted molar refractivity (Wildman–Crippen MR) is 81.0 cm³/mol. The summed E-state index contributed by atoms with van der Waals surface area (Å²) in [4.78, 5) is 12.5. The van der Waals surface area contributed by atoms with E-state index in [0.717, 1.165) is 13.1 Å². The van der Waals surface area contributed by atoms with E-state index in [-0.39, 0.29) is 30.3 Å². The van der Waals surface area contributed by atoms with E-state index in [1.807, 2.05) is 13.8 Å². The number of aliphatic hydroxyl groups excluding tert-OH is 1. The lowest BCUT2D eigenvalue weighted by Gasteiger charge is -2.36. The number of nitrogens with zero attached hydrogens (tertiary/aromatic N) is 2. The Balaban J connectivity index is 1.85. The molecule has 1 aliphatic heterocycles. The fraction of sp³-hybridized carbons (Fsp3) is 0.600. The van der Waals surface area contributed by atoms with Crippen LogP contribution in [-0.4, -0.2) is 59.5 Å². The van der Waals surface area contributed by atoms with Crippen LogP contribution < -0.4 is 4.74 Å². The van der Waals surface area contributed by atoms with Crippen LogP contribution in [-0.2, 0) is 4.74 Å². The van der Waals surface area contributed by atoms with E-state index in [9.17, 15) is 15.2 Å². The molecule has 1 fully saturated rings. The molecule has 3 atom stereocenters. The highest BCUT2D eigenvalue weighted by Crippen LogP contribution is 2.25. The van der Waals surface area contributed by atoms with Gasteiger partial charge in [-0.2, -0.15) is 0 Å². The molecule has 1 saturated heterocycles. The molecule has 2 rings (SSSR count). The number of β-amino-alcohol motifs (C(OH)–C–C–N with tert-alkyl or cyclic N) is 1. The Bertz CT molecular complexity index is 500. The molecule has 1 aromatic rings. The van der Waals surface area contributed by atoms with E-state index in [0.29, 0.717) is 6.54 Å². The van der Waals surface area contributed by atoms with Gasteiger partial charge in [-0.25, -0.2) is 0 Å². The molecule has 3 unspecified atom stereocenters. The van der Waals surface area contributed by atoms with Gasteiger partial charge in [-0.3, -0.25) is 15.0 Å². The summed E-state index contributed by atoms with van der Waals surface area (Å²) in [6, 6.07) is 6.16. The Labute approximate surface area is 129 Å². The number of morpholine rings is 1. The van der Waals surface area contributed by atoms with Crippen molar-refractivity contribution in [3.63, 3.8) is 0 Å². The molecule has 0 spiro atoms. The molecule has 7 heteroatoms. The summed E-state index contributed by atoms with van der Waals surface area (Å²) in [5, 5.41) is 21.0. The van der Waals surface area contributed by atoms with Crippen molar-refractivity contribution < 1.29 is 19.5 Å². The second-order valence-electron chi connectivity index (χ2n) is 5.67. The molecule has 1 N–H and O–H groups in total. The fourth-order valence-electron chi connectivity index (χ4n) is 2.70. The van der Waals surface area contributed by atoms with Gasteiger partial charge in [-0.05, 0) is 19.9 Å². The monoisotopic (exact) mass is 310 g/mol. The van der Waals surface area contributed by atoms with Crippen molar-refractivity contribution in [1.82, 2.24) is 4.90 Å². The SMILES string of the molecule is CC1CN(CC(O)COc2ccccc2[N+](=O)[O-])CC(C)O1. The van der Waals surface area contributed by atoms with Crippen LogP contribution in [0.15, 0.2) is 24.3 Å². The molecule has 1 aliphatic rings. The molecular formula is C15H22N2O5. The smallest absolute Gasteiger partial charge is 0.310 e. The summed E-state index contributed by atoms with van der Waals surface area (Å²) in [6.45, 7) is 5.99. The largest absolute Gasteiger partial charge is 0.484 e. The maximum absolute atomic E-state index is 10.9. The number of ether oxygens (including phenoxy) is 2. The first-order chi connectivity index (χ1) is 10.5. The van der Waals surface area contributed by atoms with Crippen molar-refractivity contribution in [2.45, 2.75) is 32.2 Å². The van der Waals surface area contributed by atoms with Gasteiger partial charge < -0.3 is 14.6 Å². The summed E-state index contributed by atoms with van der Waals surface area (Å²) in [7, 11) is 0. The van der Waals surface area contributed by atoms with Crippen LogP contribution in [0.2, 0.25) is 0 Å². The third-order valence-electron chi connectivity index (χ3n) is 3.46. The number of rotatable bonds is 6. The van der Waals surface area contributed by atoms with Gasteiger partial charge in [-0.1, -0.05) is 12.1 Å². The first-order valence-corrected chi connectivity index (χ1v) is 7.37. The fourth-order valence-corrected chi connectivity index (χ4v) is 2.70. The second kappa shape index (κ2) is 7.53. The average Bonchev–Trinajstić information content (AvgIpc) is 2.44. The molecular weight excluding hydrogens is 288 g/mol. The van der Waals surface area contributed by atoms with E-state index in [4.69, 9.17) is 9.47 Å². The molecule has 1 aromatic carbocycles. The van der Waals surface area contributed by atoms with Crippen molar-refractivity contribution in [2.24, 2.45) is 0 Å². The van der Waals surface area contributed by atoms with E-state index < -0.39 is 11.0 Å². The summed E-state index contributed by atoms with van der Waals surface area (Å²) >= 11 is 0. The third kappa shape index (κ3) is 4.66. The van der Waals surface area contributed by atoms with Gasteiger partial charge in [0.15, 0.2) is 5.75 Å². The average molecular weight is 310 g/mol. The first-order valence-electron chi connectivity index (χ1n) is 7.37. The van der Waals surface area contributed by atoms with Gasteiger partial charge in [0, 0.05) is 25.7 Å². The molecule has 1 heterocycles. The minimum absolute atomic E-state index is 0.0188. The Kier molecular flexibility index (Phi) is 5.70. The molecule has 0 bridgehead atoms. The quantitative estimate of drug-likeness (QED) is 0.632. The molecule has 0 aromatic heterocycles. The molecule has 0 saturated carbocycles. The van der Waals surface area contributed by atoms with Crippen molar-refractivity contribution in [1.29, 1.82) is 0 Å². The minimum Gasteiger partial charge on any atom is -0.484 e. The number of nitro benzene ring substituents is 1. The van der Waals surface area contributed by atoms with Crippen LogP contribution in [0.4, 0.5) is 5.69 Å². The number of para-hydroxylation sites is 2. The summed E-state index contributed by atoms with van der Waals surface area (Å²) < 4.78 is 11.0. The van der Waals surface area contributed by atoms with Gasteiger partial charge in [0.2, 0.25) is 0 Å². The topological polar surface area (TPSA) is 85.1 Å². The maximum atomic E-state index is 10.9. The molecule has 22 heavy (non-hydrogen) atoms. The van der Waals surface area contributed by atoms with Gasteiger partial charge in [-0.15, -0.1) is 0 Å². The van der Waals surface area contributed by atoms with E-state index >= 15 is 0 Å². The zero-order valence-corrected chi connectivity index (χ0v) is 12.8. The number of aliphatic hydroxyl groups is 1. The van der Waals surface area contributed by atoms with Gasteiger partial charge >= 0.3 is 5.69 Å². The zero-order valence-electron chi connectivity index (χ0n) is 12.8. The Morgan fingerprint density at radius 2 is 2.05 bits per heavy atom. The predicted octanol–water partition coefficient (Wildman–Crippen LogP) is 1.44. The van der Waals surface area contributed by atoms with Crippen LogP contribution in [0.25, 0.3) is 0 Å². The minimum atomic E-state index is -0.711. The molecule has 7 nitrogen and oxygen atoms in total. The van der Waals surface area contributed by atoms with Crippen molar-refractivity contribution in [3.8, 4) is 5.75 Å². The van der Waals surface area contributed by atoms with Crippen molar-refractivity contribution in [3.05, 3.63) is 34.4 Å². The van der Waals surface area contributed by atoms with Crippen molar-refractivity contribution >= 4 is 5.69 Å². The van der Waals surface area contributed by atoms with Crippen LogP contribution in [0.5, 0.6) is 5.75 Å². The van der Waals surface area contributed by atoms with Crippen LogP contribution in [0.1, 0.15) is 13.8 Å². The lowest BCUT2D eigenvalue weighted by Crippen LogP contribution is -2.48. The standard InChI is InChI=1S/C15H22N2O5/c1-11-7-16(8-12(2)22-11)9-13(18)10-21-15-6-4-3-5-14(15)17(19)20/h3-6,11-13,18H,7-10H2,1-2H3. The highest BCUT2D eigenvalue weighted by atomic mass is 16.6. The Morgan fingerprint density at radius 3 is 2.68 bits per heavy atom. The van der Waals surface area contributed by atoms with E-state index in [2.05, 4.69) is 4.90 Å². The van der Waals surface area contributed by atoms with E-state index in [1.54, 1.807) is 12.1 Å². The molecule has 0 aliphatic carbocycles. The number of hydrogen-bond acceptors (Lipinski definition) is 6.